The maximum Gasteiger partial charge on any atom is 0.264 e. The molecule has 4 rings (SSSR count). The summed E-state index contributed by atoms with van der Waals surface area (Å²) < 4.78 is 42.4. The second-order valence-electron chi connectivity index (χ2n) is 9.91. The topological polar surface area (TPSA) is 86.8 Å². The fraction of sp³-hybridized carbons (Fsp3) is 0.212. The van der Waals surface area contributed by atoms with E-state index in [-0.39, 0.29) is 29.5 Å². The van der Waals surface area contributed by atoms with E-state index in [1.54, 1.807) is 54.6 Å². The SMILES string of the molecule is CCCNC(=O)C(Cc1ccccc1)N(Cc1ccccc1Cl)C(=O)CN(c1ccccc1)S(=O)(=O)c1ccc(F)cc1. The number of nitrogens with one attached hydrogen (secondary N) is 1. The summed E-state index contributed by atoms with van der Waals surface area (Å²) in [5, 5.41) is 3.31. The van der Waals surface area contributed by atoms with Crippen LogP contribution in [0.25, 0.3) is 0 Å². The van der Waals surface area contributed by atoms with Crippen molar-refractivity contribution >= 4 is 39.1 Å². The van der Waals surface area contributed by atoms with Gasteiger partial charge in [0.2, 0.25) is 11.8 Å². The number of rotatable bonds is 13. The molecule has 1 N–H and O–H groups in total. The van der Waals surface area contributed by atoms with Gasteiger partial charge in [-0.25, -0.2) is 12.8 Å². The molecule has 0 aliphatic rings. The molecule has 0 aliphatic heterocycles. The fourth-order valence-corrected chi connectivity index (χ4v) is 6.20. The first-order valence-corrected chi connectivity index (χ1v) is 15.7. The maximum atomic E-state index is 14.3. The van der Waals surface area contributed by atoms with Crippen molar-refractivity contribution < 1.29 is 22.4 Å². The molecule has 0 saturated carbocycles. The molecule has 0 spiro atoms. The van der Waals surface area contributed by atoms with Crippen molar-refractivity contribution in [3.63, 3.8) is 0 Å². The summed E-state index contributed by atoms with van der Waals surface area (Å²) in [5.74, 6) is -1.56. The summed E-state index contributed by atoms with van der Waals surface area (Å²) >= 11 is 6.49. The van der Waals surface area contributed by atoms with Crippen LogP contribution in [0.5, 0.6) is 0 Å². The molecule has 0 radical (unpaired) electrons. The van der Waals surface area contributed by atoms with Gasteiger partial charge in [0, 0.05) is 24.5 Å². The van der Waals surface area contributed by atoms with Crippen LogP contribution in [0.15, 0.2) is 114 Å². The van der Waals surface area contributed by atoms with Gasteiger partial charge in [0.25, 0.3) is 10.0 Å². The second kappa shape index (κ2) is 14.8. The van der Waals surface area contributed by atoms with E-state index in [0.717, 1.165) is 34.1 Å². The first-order chi connectivity index (χ1) is 20.7. The van der Waals surface area contributed by atoms with Crippen molar-refractivity contribution in [1.82, 2.24) is 10.2 Å². The van der Waals surface area contributed by atoms with Gasteiger partial charge in [0.05, 0.1) is 10.6 Å². The van der Waals surface area contributed by atoms with Gasteiger partial charge in [-0.15, -0.1) is 0 Å². The van der Waals surface area contributed by atoms with E-state index in [1.165, 1.54) is 4.90 Å². The van der Waals surface area contributed by atoms with Crippen molar-refractivity contribution in [2.24, 2.45) is 0 Å². The zero-order valence-corrected chi connectivity index (χ0v) is 25.3. The normalized spacial score (nSPS) is 11.9. The van der Waals surface area contributed by atoms with Gasteiger partial charge in [-0.2, -0.15) is 0 Å². The molecule has 224 valence electrons. The van der Waals surface area contributed by atoms with Crippen molar-refractivity contribution in [1.29, 1.82) is 0 Å². The summed E-state index contributed by atoms with van der Waals surface area (Å²) in [7, 11) is -4.31. The van der Waals surface area contributed by atoms with Crippen LogP contribution in [-0.4, -0.2) is 44.3 Å². The highest BCUT2D eigenvalue weighted by Gasteiger charge is 2.34. The Labute approximate surface area is 257 Å². The summed E-state index contributed by atoms with van der Waals surface area (Å²) in [5.41, 5.74) is 1.68. The lowest BCUT2D eigenvalue weighted by Crippen LogP contribution is -2.53. The average Bonchev–Trinajstić information content (AvgIpc) is 3.02. The van der Waals surface area contributed by atoms with Gasteiger partial charge in [-0.05, 0) is 60.0 Å². The van der Waals surface area contributed by atoms with E-state index in [1.807, 2.05) is 37.3 Å². The number of hydrogen-bond acceptors (Lipinski definition) is 4. The molecular formula is C33H33ClFN3O4S. The number of anilines is 1. The Morgan fingerprint density at radius 2 is 1.47 bits per heavy atom. The third-order valence-electron chi connectivity index (χ3n) is 6.84. The van der Waals surface area contributed by atoms with Crippen molar-refractivity contribution in [2.75, 3.05) is 17.4 Å². The minimum Gasteiger partial charge on any atom is -0.354 e. The molecule has 43 heavy (non-hydrogen) atoms. The minimum absolute atomic E-state index is 0.0330. The fourth-order valence-electron chi connectivity index (χ4n) is 4.59. The Hall–Kier alpha value is -4.21. The zero-order valence-electron chi connectivity index (χ0n) is 23.7. The van der Waals surface area contributed by atoms with Gasteiger partial charge < -0.3 is 10.2 Å². The average molecular weight is 622 g/mol. The maximum absolute atomic E-state index is 14.3. The van der Waals surface area contributed by atoms with E-state index in [2.05, 4.69) is 5.32 Å². The number of sulfonamides is 1. The van der Waals surface area contributed by atoms with Gasteiger partial charge >= 0.3 is 0 Å². The molecular weight excluding hydrogens is 589 g/mol. The Morgan fingerprint density at radius 1 is 0.860 bits per heavy atom. The molecule has 1 atom stereocenters. The number of benzene rings is 4. The van der Waals surface area contributed by atoms with E-state index >= 15 is 0 Å². The first-order valence-electron chi connectivity index (χ1n) is 13.9. The summed E-state index contributed by atoms with van der Waals surface area (Å²) in [6.07, 6.45) is 0.891. The highest BCUT2D eigenvalue weighted by molar-refractivity contribution is 7.92. The standard InChI is InChI=1S/C33H33ClFN3O4S/c1-2-21-36-33(40)31(22-25-11-5-3-6-12-25)37(23-26-13-9-10-16-30(26)34)32(39)24-38(28-14-7-4-8-15-28)43(41,42)29-19-17-27(35)18-20-29/h3-20,31H,2,21-24H2,1H3,(H,36,40). The quantitative estimate of drug-likeness (QED) is 0.203. The smallest absolute Gasteiger partial charge is 0.264 e. The van der Waals surface area contributed by atoms with Gasteiger partial charge in [0.15, 0.2) is 0 Å². The molecule has 0 fully saturated rings. The third-order valence-corrected chi connectivity index (χ3v) is 9.00. The molecule has 0 aliphatic carbocycles. The first kappa shape index (κ1) is 31.7. The molecule has 0 saturated heterocycles. The molecule has 10 heteroatoms. The van der Waals surface area contributed by atoms with E-state index in [4.69, 9.17) is 11.6 Å². The number of carbonyl (C=O) groups excluding carboxylic acids is 2. The lowest BCUT2D eigenvalue weighted by atomic mass is 10.0. The van der Waals surface area contributed by atoms with Crippen molar-refractivity contribution in [3.8, 4) is 0 Å². The van der Waals surface area contributed by atoms with Crippen LogP contribution in [-0.2, 0) is 32.6 Å². The number of para-hydroxylation sites is 1. The third kappa shape index (κ3) is 8.21. The van der Waals surface area contributed by atoms with Crippen LogP contribution in [0.4, 0.5) is 10.1 Å². The van der Waals surface area contributed by atoms with Crippen LogP contribution >= 0.6 is 11.6 Å². The number of nitrogens with zero attached hydrogens (tertiary/aromatic N) is 2. The van der Waals surface area contributed by atoms with Crippen LogP contribution in [0.3, 0.4) is 0 Å². The molecule has 0 heterocycles. The van der Waals surface area contributed by atoms with E-state index < -0.39 is 34.3 Å². The number of hydrogen-bond donors (Lipinski definition) is 1. The second-order valence-corrected chi connectivity index (χ2v) is 12.2. The summed E-state index contributed by atoms with van der Waals surface area (Å²) in [6.45, 7) is 1.69. The summed E-state index contributed by atoms with van der Waals surface area (Å²) in [4.78, 5) is 29.2. The molecule has 2 amide bonds. The Kier molecular flexibility index (Phi) is 10.9. The number of amides is 2. The number of carbonyl (C=O) groups is 2. The number of halogens is 2. The van der Waals surface area contributed by atoms with Crippen LogP contribution in [0.1, 0.15) is 24.5 Å². The molecule has 0 aromatic heterocycles. The zero-order chi connectivity index (χ0) is 30.8. The van der Waals surface area contributed by atoms with E-state index in [9.17, 15) is 22.4 Å². The molecule has 7 nitrogen and oxygen atoms in total. The van der Waals surface area contributed by atoms with Gasteiger partial charge in [-0.1, -0.05) is 85.3 Å². The minimum atomic E-state index is -4.31. The Morgan fingerprint density at radius 3 is 2.09 bits per heavy atom. The van der Waals surface area contributed by atoms with Crippen molar-refractivity contribution in [2.45, 2.75) is 37.2 Å². The van der Waals surface area contributed by atoms with Gasteiger partial charge in [-0.3, -0.25) is 13.9 Å². The Balaban J connectivity index is 1.78. The van der Waals surface area contributed by atoms with Crippen LogP contribution < -0.4 is 9.62 Å². The Bertz CT molecular complexity index is 1620. The lowest BCUT2D eigenvalue weighted by molar-refractivity contribution is -0.140. The molecule has 4 aromatic carbocycles. The predicted molar refractivity (Wildman–Crippen MR) is 167 cm³/mol. The van der Waals surface area contributed by atoms with Crippen molar-refractivity contribution in [3.05, 3.63) is 131 Å². The lowest BCUT2D eigenvalue weighted by Gasteiger charge is -2.34. The van der Waals surface area contributed by atoms with E-state index in [0.29, 0.717) is 23.6 Å². The highest BCUT2D eigenvalue weighted by Crippen LogP contribution is 2.26. The summed E-state index contributed by atoms with van der Waals surface area (Å²) in [6, 6.07) is 27.9. The monoisotopic (exact) mass is 621 g/mol. The van der Waals surface area contributed by atoms with Gasteiger partial charge in [0.1, 0.15) is 18.4 Å². The predicted octanol–water partition coefficient (Wildman–Crippen LogP) is 5.84. The molecule has 4 aromatic rings. The molecule has 0 bridgehead atoms. The largest absolute Gasteiger partial charge is 0.354 e. The molecule has 1 unspecified atom stereocenters. The highest BCUT2D eigenvalue weighted by atomic mass is 35.5. The van der Waals surface area contributed by atoms with Crippen LogP contribution in [0, 0.1) is 5.82 Å². The van der Waals surface area contributed by atoms with Crippen LogP contribution in [0.2, 0.25) is 5.02 Å².